The number of nitrogens with one attached hydrogen (secondary N) is 7. The van der Waals surface area contributed by atoms with Gasteiger partial charge in [0.2, 0.25) is 0 Å². The Balaban J connectivity index is 0.000000126. The van der Waals surface area contributed by atoms with Crippen molar-refractivity contribution in [3.05, 3.63) is 274 Å². The van der Waals surface area contributed by atoms with E-state index in [0.717, 1.165) is 108 Å². The molecule has 0 saturated carbocycles. The molecule has 5 aromatic carbocycles. The number of hydrogen-bond donors (Lipinski definition) is 9. The number of nitrogens with two attached hydrogens (primary N) is 1. The summed E-state index contributed by atoms with van der Waals surface area (Å²) < 4.78 is 145. The number of thiophene rings is 5. The second kappa shape index (κ2) is 39.0. The van der Waals surface area contributed by atoms with Gasteiger partial charge in [0.25, 0.3) is 16.7 Å². The molecule has 45 heteroatoms. The molecule has 128 heavy (non-hydrogen) atoms. The van der Waals surface area contributed by atoms with Crippen molar-refractivity contribution in [3.8, 4) is 17.1 Å². The Kier molecular flexibility index (Phi) is 27.4. The molecule has 1 saturated heterocycles. The van der Waals surface area contributed by atoms with E-state index >= 15 is 0 Å². The lowest BCUT2D eigenvalue weighted by molar-refractivity contribution is 0.0517. The standard InChI is InChI=1S/C18H15F2N3O4S.C18H16FN5OS.C15H7F2N3O3S.C14H7F2N3OS.C12H8ClF2NO2.C6H8N2O2S/c1-3-27-17(24)10-8-21-14-7-12(20)11(19)6-9(14)15(10)23-22-13-4-5-28-16(13)18(25)26-2;19-14-7-12-15(8-16(14)23-4-2-20-3-5-23)21-9-13-17(12)22-24(18(13)25)11-1-6-26-10-11;16-8-3-6-10(4-9(8)17)18-5-7-12(6)19-20(14(7)21)11-1-2-24-13(11)15(22)23;15-10-3-8-12(4-11(10)16)17-5-9-13(8)18-19(14(9)20)7-1-2-21-6-7;1-2-18-12(17)7-5-16-10-4-9(15)8(14)3-6(10)11(7)13;1-10-6(9)5-4(8-7)2-3-11-5/h4-8,22H,3H2,1-2H3,(H,21,23);1,6-10,20,22H,2-5H2;1-5,19H,(H,22,23);1-6,18H;3-5H,2H2,1H3;2-3,8H,7H2,1H3. The van der Waals surface area contributed by atoms with Gasteiger partial charge in [0.05, 0.1) is 138 Å². The van der Waals surface area contributed by atoms with Crippen LogP contribution in [0.4, 0.5) is 62.3 Å². The first-order chi connectivity index (χ1) is 61.6. The number of aromatic amines is 3. The maximum absolute atomic E-state index is 14.8. The molecule has 10 N–H and O–H groups in total. The van der Waals surface area contributed by atoms with Crippen LogP contribution in [0.2, 0.25) is 5.02 Å². The predicted octanol–water partition coefficient (Wildman–Crippen LogP) is 16.7. The number of piperazine rings is 1. The zero-order valence-corrected chi connectivity index (χ0v) is 70.9. The van der Waals surface area contributed by atoms with Gasteiger partial charge in [-0.05, 0) is 107 Å². The van der Waals surface area contributed by atoms with Gasteiger partial charge in [-0.2, -0.15) is 22.7 Å². The van der Waals surface area contributed by atoms with E-state index in [9.17, 15) is 83.0 Å². The number of halogens is 10. The number of fused-ring (bicyclic) bond motifs is 11. The van der Waals surface area contributed by atoms with Gasteiger partial charge < -0.3 is 39.7 Å². The van der Waals surface area contributed by atoms with E-state index in [1.807, 2.05) is 32.5 Å². The summed E-state index contributed by atoms with van der Waals surface area (Å²) in [7, 11) is 2.59. The number of H-pyrrole nitrogens is 3. The van der Waals surface area contributed by atoms with E-state index in [2.05, 4.69) is 66.5 Å². The summed E-state index contributed by atoms with van der Waals surface area (Å²) in [5.74, 6) is -6.84. The van der Waals surface area contributed by atoms with Crippen molar-refractivity contribution in [1.29, 1.82) is 0 Å². The zero-order valence-electron chi connectivity index (χ0n) is 66.1. The van der Waals surface area contributed by atoms with Gasteiger partial charge in [-0.15, -0.1) is 34.0 Å². The third kappa shape index (κ3) is 18.5. The van der Waals surface area contributed by atoms with Gasteiger partial charge in [0.15, 0.2) is 46.5 Å². The first kappa shape index (κ1) is 89.9. The third-order valence-electron chi connectivity index (χ3n) is 19.1. The molecule has 30 nitrogen and oxygen atoms in total. The van der Waals surface area contributed by atoms with E-state index in [1.165, 1.54) is 94.5 Å². The lowest BCUT2D eigenvalue weighted by atomic mass is 10.1. The fourth-order valence-electron chi connectivity index (χ4n) is 13.0. The maximum Gasteiger partial charge on any atom is 0.350 e. The van der Waals surface area contributed by atoms with Crippen LogP contribution in [0, 0.1) is 52.4 Å². The highest BCUT2D eigenvalue weighted by atomic mass is 35.5. The molecule has 0 unspecified atom stereocenters. The number of methoxy groups -OCH3 is 2. The van der Waals surface area contributed by atoms with Crippen LogP contribution < -0.4 is 49.0 Å². The Morgan fingerprint density at radius 2 is 0.844 bits per heavy atom. The van der Waals surface area contributed by atoms with Crippen molar-refractivity contribution in [2.75, 3.05) is 74.8 Å². The van der Waals surface area contributed by atoms with Crippen LogP contribution >= 0.6 is 68.3 Å². The van der Waals surface area contributed by atoms with Crippen LogP contribution in [0.5, 0.6) is 0 Å². The second-order valence-corrected chi connectivity index (χ2v) is 31.4. The summed E-state index contributed by atoms with van der Waals surface area (Å²) in [5.41, 5.74) is 13.1. The number of hydrogen-bond acceptors (Lipinski definition) is 28. The number of aromatic nitrogens is 11. The van der Waals surface area contributed by atoms with Crippen molar-refractivity contribution in [3.63, 3.8) is 0 Å². The Hall–Kier alpha value is -14.4. The Bertz CT molecular complexity index is 7520. The van der Waals surface area contributed by atoms with Gasteiger partial charge >= 0.3 is 29.8 Å². The summed E-state index contributed by atoms with van der Waals surface area (Å²) in [6.45, 7) is 6.78. The Labute approximate surface area is 736 Å². The number of hydrazine groups is 2. The number of benzene rings is 5. The number of aromatic carboxylic acids is 1. The molecule has 0 amide bonds. The second-order valence-electron chi connectivity index (χ2n) is 26.7. The van der Waals surface area contributed by atoms with E-state index in [-0.39, 0.29) is 112 Å². The van der Waals surface area contributed by atoms with Crippen molar-refractivity contribution >= 4 is 208 Å². The minimum Gasteiger partial charge on any atom is -0.477 e. The van der Waals surface area contributed by atoms with E-state index < -0.39 is 76.0 Å². The van der Waals surface area contributed by atoms with Gasteiger partial charge in [-0.25, -0.2) is 77.5 Å². The number of carboxylic acids is 1. The first-order valence-electron chi connectivity index (χ1n) is 37.3. The van der Waals surface area contributed by atoms with Crippen LogP contribution in [0.15, 0.2) is 174 Å². The molecule has 0 bridgehead atoms. The van der Waals surface area contributed by atoms with Crippen molar-refractivity contribution < 1.29 is 87.5 Å². The van der Waals surface area contributed by atoms with Crippen LogP contribution in [-0.4, -0.2) is 143 Å². The van der Waals surface area contributed by atoms with Gasteiger partial charge in [0, 0.05) is 119 Å². The number of nitrogens with zero attached hydrogens (tertiary/aromatic N) is 9. The van der Waals surface area contributed by atoms with Crippen LogP contribution in [-0.2, 0) is 18.9 Å². The minimum absolute atomic E-state index is 0.00245. The summed E-state index contributed by atoms with van der Waals surface area (Å²) in [6, 6.07) is 19.4. The molecule has 656 valence electrons. The number of pyridine rings is 5. The molecule has 0 atom stereocenters. The molecule has 13 aromatic heterocycles. The monoisotopic (exact) mass is 1870 g/mol. The van der Waals surface area contributed by atoms with Crippen molar-refractivity contribution in [2.24, 2.45) is 5.84 Å². The molecule has 0 aliphatic carbocycles. The minimum atomic E-state index is -1.17. The number of ether oxygens (including phenoxy) is 4. The summed E-state index contributed by atoms with van der Waals surface area (Å²) >= 11 is 12.4. The molecule has 14 heterocycles. The molecular weight excluding hydrogens is 1810 g/mol. The van der Waals surface area contributed by atoms with E-state index in [4.69, 9.17) is 31.7 Å². The number of nitrogen functional groups attached to an aromatic ring is 1. The topological polar surface area (TPSA) is 398 Å². The number of carbonyl (C=O) groups is 5. The van der Waals surface area contributed by atoms with E-state index in [1.54, 1.807) is 60.4 Å². The molecule has 0 spiro atoms. The van der Waals surface area contributed by atoms with Crippen LogP contribution in [0.3, 0.4) is 0 Å². The lowest BCUT2D eigenvalue weighted by Crippen LogP contribution is -2.43. The lowest BCUT2D eigenvalue weighted by Gasteiger charge is -2.29. The molecule has 1 aliphatic rings. The molecule has 19 rings (SSSR count). The Morgan fingerprint density at radius 3 is 1.31 bits per heavy atom. The highest BCUT2D eigenvalue weighted by Crippen LogP contribution is 2.35. The van der Waals surface area contributed by atoms with Crippen LogP contribution in [0.1, 0.15) is 63.6 Å². The zero-order chi connectivity index (χ0) is 91.1. The molecule has 1 fully saturated rings. The smallest absolute Gasteiger partial charge is 0.350 e. The SMILES string of the molecule is CCOC(=O)c1cnc2cc(F)c(F)cc2c1Cl.CCOC(=O)c1cnc2cc(F)c(F)cc2c1NNc1ccsc1C(=O)OC.COC(=O)c1sccc1NN.O=C(O)c1sccc1-n1[nH]c2c(cnc3cc(F)c(F)cc32)c1=O.O=c1c2cnc3cc(F)c(F)cc3c2[nH]n1-c1ccsc1.O=c1c2cnc3cc(N4CCNCC4)c(F)cc3c2[nH]n1-c1ccsc1. The summed E-state index contributed by atoms with van der Waals surface area (Å²) in [6.07, 6.45) is 6.57. The fourth-order valence-corrected chi connectivity index (χ4v) is 16.8. The number of anilines is 4. The maximum atomic E-state index is 14.8. The molecule has 0 radical (unpaired) electrons. The van der Waals surface area contributed by atoms with E-state index in [0.29, 0.717) is 76.1 Å². The third-order valence-corrected chi connectivity index (χ3v) is 23.5. The predicted molar refractivity (Wildman–Crippen MR) is 470 cm³/mol. The van der Waals surface area contributed by atoms with Gasteiger partial charge in [-0.3, -0.25) is 71.3 Å². The molecule has 18 aromatic rings. The average Bonchev–Trinajstić information content (AvgIpc) is 1.65. The normalized spacial score (nSPS) is 11.7. The highest BCUT2D eigenvalue weighted by Gasteiger charge is 2.26. The number of rotatable bonds is 15. The Morgan fingerprint density at radius 1 is 0.453 bits per heavy atom. The fraction of sp³-hybridized carbons (Fsp3) is 0.120. The van der Waals surface area contributed by atoms with Gasteiger partial charge in [0.1, 0.15) is 26.0 Å². The highest BCUT2D eigenvalue weighted by molar-refractivity contribution is 7.13. The number of carboxylic acid groups (broad SMARTS) is 1. The first-order valence-corrected chi connectivity index (χ1v) is 42.2. The average molecular weight is 1870 g/mol. The largest absolute Gasteiger partial charge is 0.477 e. The summed E-state index contributed by atoms with van der Waals surface area (Å²) in [4.78, 5) is 118. The quantitative estimate of drug-likeness (QED) is 0.0151. The van der Waals surface area contributed by atoms with Crippen molar-refractivity contribution in [2.45, 2.75) is 13.8 Å². The number of esters is 4. The summed E-state index contributed by atoms with van der Waals surface area (Å²) in [5, 5.41) is 36.2. The number of carbonyl (C=O) groups excluding carboxylic acids is 4. The van der Waals surface area contributed by atoms with Crippen LogP contribution in [0.25, 0.3) is 104 Å². The molecule has 1 aliphatic heterocycles. The van der Waals surface area contributed by atoms with Crippen molar-refractivity contribution in [1.82, 2.24) is 59.6 Å². The van der Waals surface area contributed by atoms with Gasteiger partial charge in [-0.1, -0.05) is 11.6 Å². The molecular formula is C83H61ClF9N17O13S5.